The first-order valence-corrected chi connectivity index (χ1v) is 9.33. The van der Waals surface area contributed by atoms with Gasteiger partial charge in [0.05, 0.1) is 11.5 Å². The van der Waals surface area contributed by atoms with Crippen molar-refractivity contribution in [3.8, 4) is 0 Å². The summed E-state index contributed by atoms with van der Waals surface area (Å²) in [7, 11) is -2.98. The Morgan fingerprint density at radius 3 is 2.59 bits per heavy atom. The van der Waals surface area contributed by atoms with Gasteiger partial charge < -0.3 is 10.6 Å². The van der Waals surface area contributed by atoms with Crippen molar-refractivity contribution < 1.29 is 13.2 Å². The van der Waals surface area contributed by atoms with Crippen LogP contribution in [0.1, 0.15) is 31.4 Å². The second kappa shape index (κ2) is 6.28. The van der Waals surface area contributed by atoms with Crippen LogP contribution in [0.25, 0.3) is 0 Å². The van der Waals surface area contributed by atoms with Gasteiger partial charge >= 0.3 is 6.03 Å². The van der Waals surface area contributed by atoms with Crippen molar-refractivity contribution in [3.05, 3.63) is 35.4 Å². The fourth-order valence-electron chi connectivity index (χ4n) is 2.77. The van der Waals surface area contributed by atoms with E-state index in [0.29, 0.717) is 6.42 Å². The molecule has 1 fully saturated rings. The first-order valence-electron chi connectivity index (χ1n) is 7.50. The van der Waals surface area contributed by atoms with Gasteiger partial charge in [0.25, 0.3) is 0 Å². The Balaban J connectivity index is 1.91. The molecule has 1 saturated heterocycles. The molecule has 0 aromatic heterocycles. The zero-order valence-corrected chi connectivity index (χ0v) is 14.2. The molecule has 6 heteroatoms. The van der Waals surface area contributed by atoms with E-state index >= 15 is 0 Å². The minimum atomic E-state index is -2.98. The Kier molecular flexibility index (Phi) is 4.80. The van der Waals surface area contributed by atoms with Gasteiger partial charge in [-0.25, -0.2) is 13.2 Å². The van der Waals surface area contributed by atoms with Crippen molar-refractivity contribution in [1.29, 1.82) is 0 Å². The highest BCUT2D eigenvalue weighted by Crippen LogP contribution is 2.16. The monoisotopic (exact) mass is 324 g/mol. The predicted molar refractivity (Wildman–Crippen MR) is 87.7 cm³/mol. The van der Waals surface area contributed by atoms with E-state index < -0.39 is 15.4 Å². The molecule has 1 aliphatic heterocycles. The van der Waals surface area contributed by atoms with Gasteiger partial charge in [0.15, 0.2) is 9.84 Å². The standard InChI is InChI=1S/C16H24N2O3S/c1-12-6-4-5-7-13(12)10-16(2,3)18-15(19)17-14-8-9-22(20,21)11-14/h4-7,14H,8-11H2,1-3H3,(H2,17,18,19)/t14-/m0/s1. The number of benzene rings is 1. The molecule has 0 bridgehead atoms. The van der Waals surface area contributed by atoms with Crippen LogP contribution in [0.4, 0.5) is 4.79 Å². The molecule has 2 amide bonds. The van der Waals surface area contributed by atoms with E-state index in [1.165, 1.54) is 11.1 Å². The Labute approximate surface area is 132 Å². The Bertz CT molecular complexity index is 653. The summed E-state index contributed by atoms with van der Waals surface area (Å²) in [4.78, 5) is 12.1. The summed E-state index contributed by atoms with van der Waals surface area (Å²) in [5.41, 5.74) is 1.98. The van der Waals surface area contributed by atoms with Crippen LogP contribution in [0.2, 0.25) is 0 Å². The lowest BCUT2D eigenvalue weighted by molar-refractivity contribution is 0.226. The molecule has 1 aliphatic rings. The third kappa shape index (κ3) is 4.73. The van der Waals surface area contributed by atoms with E-state index in [0.717, 1.165) is 6.42 Å². The maximum Gasteiger partial charge on any atom is 0.315 e. The summed E-state index contributed by atoms with van der Waals surface area (Å²) >= 11 is 0. The number of nitrogens with one attached hydrogen (secondary N) is 2. The van der Waals surface area contributed by atoms with E-state index in [-0.39, 0.29) is 23.6 Å². The van der Waals surface area contributed by atoms with Gasteiger partial charge in [-0.2, -0.15) is 0 Å². The second-order valence-corrected chi connectivity index (χ2v) is 8.91. The maximum absolute atomic E-state index is 12.1. The molecular formula is C16H24N2O3S. The normalized spacial score (nSPS) is 20.6. The quantitative estimate of drug-likeness (QED) is 0.887. The molecule has 1 heterocycles. The third-order valence-corrected chi connectivity index (χ3v) is 5.68. The molecule has 2 N–H and O–H groups in total. The predicted octanol–water partition coefficient (Wildman–Crippen LogP) is 1.80. The summed E-state index contributed by atoms with van der Waals surface area (Å²) in [6.45, 7) is 5.98. The average Bonchev–Trinajstić information content (AvgIpc) is 2.70. The number of amides is 2. The van der Waals surface area contributed by atoms with Gasteiger partial charge in [0.1, 0.15) is 0 Å². The summed E-state index contributed by atoms with van der Waals surface area (Å²) in [5.74, 6) is 0.198. The largest absolute Gasteiger partial charge is 0.334 e. The highest BCUT2D eigenvalue weighted by atomic mass is 32.2. The average molecular weight is 324 g/mol. The minimum absolute atomic E-state index is 0.0403. The summed E-state index contributed by atoms with van der Waals surface area (Å²) in [5, 5.41) is 5.70. The number of carbonyl (C=O) groups excluding carboxylic acids is 1. The van der Waals surface area contributed by atoms with Crippen LogP contribution >= 0.6 is 0 Å². The molecule has 5 nitrogen and oxygen atoms in total. The first-order chi connectivity index (χ1) is 10.2. The topological polar surface area (TPSA) is 75.3 Å². The number of rotatable bonds is 4. The van der Waals surface area contributed by atoms with Crippen molar-refractivity contribution in [3.63, 3.8) is 0 Å². The second-order valence-electron chi connectivity index (χ2n) is 6.69. The van der Waals surface area contributed by atoms with Crippen LogP contribution in [0.5, 0.6) is 0 Å². The van der Waals surface area contributed by atoms with Gasteiger partial charge in [-0.05, 0) is 44.7 Å². The molecule has 22 heavy (non-hydrogen) atoms. The fourth-order valence-corrected chi connectivity index (χ4v) is 4.44. The summed E-state index contributed by atoms with van der Waals surface area (Å²) in [6, 6.07) is 7.50. The molecule has 122 valence electrons. The molecule has 0 unspecified atom stereocenters. The van der Waals surface area contributed by atoms with Crippen LogP contribution < -0.4 is 10.6 Å². The van der Waals surface area contributed by atoms with Crippen molar-refractivity contribution in [1.82, 2.24) is 10.6 Å². The lowest BCUT2D eigenvalue weighted by Crippen LogP contribution is -2.52. The highest BCUT2D eigenvalue weighted by molar-refractivity contribution is 7.91. The van der Waals surface area contributed by atoms with E-state index in [1.807, 2.05) is 26.0 Å². The molecule has 0 spiro atoms. The SMILES string of the molecule is Cc1ccccc1CC(C)(C)NC(=O)N[C@H]1CCS(=O)(=O)C1. The Morgan fingerprint density at radius 1 is 1.32 bits per heavy atom. The van der Waals surface area contributed by atoms with Crippen molar-refractivity contribution in [2.24, 2.45) is 0 Å². The smallest absolute Gasteiger partial charge is 0.315 e. The van der Waals surface area contributed by atoms with Crippen LogP contribution in [0.15, 0.2) is 24.3 Å². The molecule has 1 aromatic carbocycles. The summed E-state index contributed by atoms with van der Waals surface area (Å²) in [6.07, 6.45) is 1.21. The number of urea groups is 1. The minimum Gasteiger partial charge on any atom is -0.334 e. The number of aryl methyl sites for hydroxylation is 1. The van der Waals surface area contributed by atoms with Gasteiger partial charge in [0.2, 0.25) is 0 Å². The van der Waals surface area contributed by atoms with E-state index in [4.69, 9.17) is 0 Å². The molecule has 2 rings (SSSR count). The van der Waals surface area contributed by atoms with Crippen molar-refractivity contribution in [2.45, 2.75) is 45.2 Å². The van der Waals surface area contributed by atoms with Crippen LogP contribution in [0, 0.1) is 6.92 Å². The molecule has 0 aliphatic carbocycles. The number of hydrogen-bond acceptors (Lipinski definition) is 3. The van der Waals surface area contributed by atoms with Crippen LogP contribution in [-0.4, -0.2) is 37.5 Å². The van der Waals surface area contributed by atoms with E-state index in [1.54, 1.807) is 0 Å². The Morgan fingerprint density at radius 2 is 2.00 bits per heavy atom. The fraction of sp³-hybridized carbons (Fsp3) is 0.562. The molecule has 1 atom stereocenters. The molecular weight excluding hydrogens is 300 g/mol. The molecule has 1 aromatic rings. The lowest BCUT2D eigenvalue weighted by Gasteiger charge is -2.28. The van der Waals surface area contributed by atoms with E-state index in [2.05, 4.69) is 29.7 Å². The Hall–Kier alpha value is -1.56. The van der Waals surface area contributed by atoms with Crippen molar-refractivity contribution >= 4 is 15.9 Å². The zero-order valence-electron chi connectivity index (χ0n) is 13.3. The van der Waals surface area contributed by atoms with Gasteiger partial charge in [-0.1, -0.05) is 24.3 Å². The van der Waals surface area contributed by atoms with Gasteiger partial charge in [-0.3, -0.25) is 0 Å². The van der Waals surface area contributed by atoms with Gasteiger partial charge in [0, 0.05) is 11.6 Å². The van der Waals surface area contributed by atoms with Crippen LogP contribution in [-0.2, 0) is 16.3 Å². The number of hydrogen-bond donors (Lipinski definition) is 2. The number of carbonyl (C=O) groups is 1. The summed E-state index contributed by atoms with van der Waals surface area (Å²) < 4.78 is 22.8. The maximum atomic E-state index is 12.1. The highest BCUT2D eigenvalue weighted by Gasteiger charge is 2.30. The first kappa shape index (κ1) is 16.8. The third-order valence-electron chi connectivity index (χ3n) is 3.91. The lowest BCUT2D eigenvalue weighted by atomic mass is 9.92. The van der Waals surface area contributed by atoms with E-state index in [9.17, 15) is 13.2 Å². The molecule has 0 saturated carbocycles. The number of sulfone groups is 1. The van der Waals surface area contributed by atoms with Crippen molar-refractivity contribution in [2.75, 3.05) is 11.5 Å². The molecule has 0 radical (unpaired) electrons. The zero-order chi connectivity index (χ0) is 16.4. The van der Waals surface area contributed by atoms with Gasteiger partial charge in [-0.15, -0.1) is 0 Å². The van der Waals surface area contributed by atoms with Crippen LogP contribution in [0.3, 0.4) is 0 Å².